The Morgan fingerprint density at radius 3 is 2.79 bits per heavy atom. The summed E-state index contributed by atoms with van der Waals surface area (Å²) in [7, 11) is 1.74. The van der Waals surface area contributed by atoms with Gasteiger partial charge in [-0.3, -0.25) is 4.79 Å². The number of carbonyl (C=O) groups is 1. The highest BCUT2D eigenvalue weighted by molar-refractivity contribution is 5.93. The summed E-state index contributed by atoms with van der Waals surface area (Å²) in [6, 6.07) is 7.21. The maximum atomic E-state index is 13.0. The molecule has 1 saturated carbocycles. The zero-order chi connectivity index (χ0) is 16.9. The average molecular weight is 324 g/mol. The molecule has 1 aromatic heterocycles. The summed E-state index contributed by atoms with van der Waals surface area (Å²) in [4.78, 5) is 23.4. The van der Waals surface area contributed by atoms with E-state index in [-0.39, 0.29) is 11.3 Å². The Morgan fingerprint density at radius 2 is 2.08 bits per heavy atom. The number of fused-ring (bicyclic) bond motifs is 2. The third-order valence-corrected chi connectivity index (χ3v) is 4.96. The van der Waals surface area contributed by atoms with E-state index in [9.17, 15) is 9.90 Å². The predicted octanol–water partition coefficient (Wildman–Crippen LogP) is 2.22. The Bertz CT molecular complexity index is 830. The summed E-state index contributed by atoms with van der Waals surface area (Å²) in [5, 5.41) is 12.7. The van der Waals surface area contributed by atoms with Gasteiger partial charge in [-0.15, -0.1) is 0 Å². The second kappa shape index (κ2) is 5.19. The molecule has 1 amide bonds. The molecule has 0 unspecified atom stereocenters. The predicted molar refractivity (Wildman–Crippen MR) is 90.1 cm³/mol. The summed E-state index contributed by atoms with van der Waals surface area (Å²) in [5.74, 6) is 0.689. The zero-order valence-electron chi connectivity index (χ0n) is 13.8. The van der Waals surface area contributed by atoms with Gasteiger partial charge in [-0.2, -0.15) is 0 Å². The van der Waals surface area contributed by atoms with Crippen LogP contribution in [-0.2, 0) is 12.0 Å². The van der Waals surface area contributed by atoms with Gasteiger partial charge in [-0.25, -0.2) is 9.97 Å². The Labute approximate surface area is 140 Å². The van der Waals surface area contributed by atoms with Gasteiger partial charge >= 0.3 is 0 Å². The minimum atomic E-state index is -0.0676. The third kappa shape index (κ3) is 2.38. The number of rotatable bonds is 2. The molecule has 6 nitrogen and oxygen atoms in total. The lowest BCUT2D eigenvalue weighted by molar-refractivity contribution is 0.0703. The van der Waals surface area contributed by atoms with Crippen molar-refractivity contribution in [3.63, 3.8) is 0 Å². The molecule has 0 atom stereocenters. The second-order valence-corrected chi connectivity index (χ2v) is 6.75. The van der Waals surface area contributed by atoms with Crippen molar-refractivity contribution in [2.45, 2.75) is 31.7 Å². The first-order valence-corrected chi connectivity index (χ1v) is 8.16. The van der Waals surface area contributed by atoms with E-state index in [0.717, 1.165) is 24.1 Å². The van der Waals surface area contributed by atoms with E-state index in [0.29, 0.717) is 30.5 Å². The van der Waals surface area contributed by atoms with Crippen LogP contribution in [0.15, 0.2) is 24.3 Å². The molecular weight excluding hydrogens is 304 g/mol. The fourth-order valence-corrected chi connectivity index (χ4v) is 3.58. The first kappa shape index (κ1) is 14.9. The molecule has 2 heterocycles. The van der Waals surface area contributed by atoms with Crippen molar-refractivity contribution >= 4 is 11.9 Å². The van der Waals surface area contributed by atoms with Gasteiger partial charge in [0.2, 0.25) is 5.95 Å². The van der Waals surface area contributed by atoms with E-state index >= 15 is 0 Å². The van der Waals surface area contributed by atoms with E-state index in [1.54, 1.807) is 19.2 Å². The minimum absolute atomic E-state index is 0.00982. The van der Waals surface area contributed by atoms with Crippen molar-refractivity contribution in [1.82, 2.24) is 14.9 Å². The Hall–Kier alpha value is -2.63. The third-order valence-electron chi connectivity index (χ3n) is 4.96. The normalized spacial score (nSPS) is 17.5. The fraction of sp³-hybridized carbons (Fsp3) is 0.389. The lowest BCUT2D eigenvalue weighted by atomic mass is 9.86. The monoisotopic (exact) mass is 324 g/mol. The summed E-state index contributed by atoms with van der Waals surface area (Å²) < 4.78 is 0. The number of amides is 1. The van der Waals surface area contributed by atoms with Crippen LogP contribution in [0.2, 0.25) is 0 Å². The largest absolute Gasteiger partial charge is 0.508 e. The smallest absolute Gasteiger partial charge is 0.272 e. The van der Waals surface area contributed by atoms with Crippen LogP contribution in [0.1, 0.15) is 40.2 Å². The molecule has 2 N–H and O–H groups in total. The lowest BCUT2D eigenvalue weighted by Crippen LogP contribution is -2.42. The van der Waals surface area contributed by atoms with Crippen molar-refractivity contribution in [2.24, 2.45) is 0 Å². The molecule has 0 bridgehead atoms. The van der Waals surface area contributed by atoms with Crippen molar-refractivity contribution in [3.05, 3.63) is 46.8 Å². The maximum absolute atomic E-state index is 13.0. The van der Waals surface area contributed by atoms with Gasteiger partial charge in [0.25, 0.3) is 5.91 Å². The Kier molecular flexibility index (Phi) is 3.23. The molecule has 0 saturated heterocycles. The molecule has 124 valence electrons. The van der Waals surface area contributed by atoms with Crippen LogP contribution in [-0.4, -0.2) is 39.5 Å². The molecule has 1 aliphatic heterocycles. The van der Waals surface area contributed by atoms with Crippen LogP contribution < -0.4 is 5.32 Å². The Balaban J connectivity index is 1.68. The molecule has 0 radical (unpaired) electrons. The number of anilines is 1. The van der Waals surface area contributed by atoms with Crippen LogP contribution >= 0.6 is 0 Å². The zero-order valence-corrected chi connectivity index (χ0v) is 13.8. The highest BCUT2D eigenvalue weighted by atomic mass is 16.3. The number of hydrogen-bond donors (Lipinski definition) is 2. The maximum Gasteiger partial charge on any atom is 0.272 e. The quantitative estimate of drug-likeness (QED) is 0.885. The summed E-state index contributed by atoms with van der Waals surface area (Å²) in [5.41, 5.74) is 3.51. The van der Waals surface area contributed by atoms with E-state index in [4.69, 9.17) is 0 Å². The number of hydrogen-bond acceptors (Lipinski definition) is 5. The number of carbonyl (C=O) groups excluding carboxylic acids is 1. The van der Waals surface area contributed by atoms with E-state index in [1.165, 1.54) is 5.56 Å². The fourth-order valence-electron chi connectivity index (χ4n) is 3.58. The molecule has 1 spiro atoms. The van der Waals surface area contributed by atoms with Crippen LogP contribution in [0.3, 0.4) is 0 Å². The number of aromatic hydroxyl groups is 1. The number of nitrogens with one attached hydrogen (secondary N) is 1. The van der Waals surface area contributed by atoms with Crippen molar-refractivity contribution in [3.8, 4) is 5.75 Å². The highest BCUT2D eigenvalue weighted by Gasteiger charge is 2.50. The molecule has 4 rings (SSSR count). The van der Waals surface area contributed by atoms with Crippen LogP contribution in [0, 0.1) is 6.92 Å². The first-order chi connectivity index (χ1) is 11.5. The van der Waals surface area contributed by atoms with Gasteiger partial charge in [-0.05, 0) is 49.1 Å². The summed E-state index contributed by atoms with van der Waals surface area (Å²) >= 11 is 0. The molecule has 24 heavy (non-hydrogen) atoms. The van der Waals surface area contributed by atoms with Crippen LogP contribution in [0.25, 0.3) is 0 Å². The van der Waals surface area contributed by atoms with Gasteiger partial charge in [0.05, 0.1) is 0 Å². The number of aromatic nitrogens is 2. The second-order valence-electron chi connectivity index (χ2n) is 6.75. The van der Waals surface area contributed by atoms with Gasteiger partial charge < -0.3 is 15.3 Å². The topological polar surface area (TPSA) is 78.4 Å². The van der Waals surface area contributed by atoms with Crippen LogP contribution in [0.4, 0.5) is 5.95 Å². The molecular formula is C18H20N4O2. The molecule has 6 heteroatoms. The summed E-state index contributed by atoms with van der Waals surface area (Å²) in [6.45, 7) is 3.09. The Morgan fingerprint density at radius 1 is 1.29 bits per heavy atom. The standard InChI is InChI=1S/C18H20N4O2/c1-11-7-15(21-17(19-2)20-11)16(24)22-9-12-3-4-13(23)8-14(12)18(10-22)5-6-18/h3-4,7-8,23H,5-6,9-10H2,1-2H3,(H,19,20,21). The number of aryl methyl sites for hydroxylation is 1. The molecule has 1 aromatic carbocycles. The van der Waals surface area contributed by atoms with Crippen LogP contribution in [0.5, 0.6) is 5.75 Å². The number of phenolic OH excluding ortho intramolecular Hbond substituents is 1. The van der Waals surface area contributed by atoms with Gasteiger partial charge in [0, 0.05) is 31.2 Å². The lowest BCUT2D eigenvalue weighted by Gasteiger charge is -2.35. The number of phenols is 1. The van der Waals surface area contributed by atoms with E-state index in [2.05, 4.69) is 15.3 Å². The van der Waals surface area contributed by atoms with E-state index in [1.807, 2.05) is 24.0 Å². The number of benzene rings is 1. The first-order valence-electron chi connectivity index (χ1n) is 8.16. The van der Waals surface area contributed by atoms with Crippen molar-refractivity contribution < 1.29 is 9.90 Å². The number of nitrogens with zero attached hydrogens (tertiary/aromatic N) is 3. The average Bonchev–Trinajstić information content (AvgIpc) is 3.34. The highest BCUT2D eigenvalue weighted by Crippen LogP contribution is 2.53. The van der Waals surface area contributed by atoms with Crippen molar-refractivity contribution in [1.29, 1.82) is 0 Å². The molecule has 1 aliphatic carbocycles. The summed E-state index contributed by atoms with van der Waals surface area (Å²) in [6.07, 6.45) is 2.11. The van der Waals surface area contributed by atoms with Gasteiger partial charge in [-0.1, -0.05) is 6.07 Å². The molecule has 1 fully saturated rings. The minimum Gasteiger partial charge on any atom is -0.508 e. The van der Waals surface area contributed by atoms with Gasteiger partial charge in [0.1, 0.15) is 11.4 Å². The van der Waals surface area contributed by atoms with Crippen molar-refractivity contribution in [2.75, 3.05) is 18.9 Å². The SMILES string of the molecule is CNc1nc(C)cc(C(=O)N2Cc3ccc(O)cc3C3(CC3)C2)n1. The molecule has 2 aliphatic rings. The van der Waals surface area contributed by atoms with Gasteiger partial charge in [0.15, 0.2) is 0 Å². The molecule has 2 aromatic rings. The van der Waals surface area contributed by atoms with E-state index < -0.39 is 0 Å².